The maximum Gasteiger partial charge on any atom is 0.339 e. The van der Waals surface area contributed by atoms with E-state index in [0.717, 1.165) is 53.9 Å². The van der Waals surface area contributed by atoms with Crippen molar-refractivity contribution in [3.05, 3.63) is 66.7 Å². The number of hydrogen-bond donors (Lipinski definition) is 0. The molecule has 0 radical (unpaired) electrons. The van der Waals surface area contributed by atoms with Crippen LogP contribution in [-0.2, 0) is 10.1 Å². The van der Waals surface area contributed by atoms with Crippen LogP contribution in [0.15, 0.2) is 66.7 Å². The lowest BCUT2D eigenvalue weighted by atomic mass is 9.93. The third kappa shape index (κ3) is 6.97. The van der Waals surface area contributed by atoms with E-state index in [1.165, 1.54) is 6.07 Å². The zero-order chi connectivity index (χ0) is 24.4. The van der Waals surface area contributed by atoms with Gasteiger partial charge in [-0.15, -0.1) is 0 Å². The molecule has 0 bridgehead atoms. The molecule has 0 saturated heterocycles. The standard InChI is InChI=1S/C27H31FO5S/c1-3-5-18-31-23-14-10-21(11-15-23)25-8-7-9-26(33-34(29,30)20-28)27(25)22-12-16-24(17-13-22)32-19-6-4-2/h7-17H,3-6,18-20H2,1-2H3. The number of rotatable bonds is 13. The van der Waals surface area contributed by atoms with E-state index in [1.54, 1.807) is 6.07 Å². The van der Waals surface area contributed by atoms with Gasteiger partial charge in [-0.25, -0.2) is 4.39 Å². The van der Waals surface area contributed by atoms with Gasteiger partial charge in [-0.3, -0.25) is 0 Å². The Kier molecular flexibility index (Phi) is 9.33. The molecule has 0 aliphatic rings. The van der Waals surface area contributed by atoms with Crippen molar-refractivity contribution in [2.45, 2.75) is 39.5 Å². The molecule has 0 atom stereocenters. The predicted molar refractivity (Wildman–Crippen MR) is 134 cm³/mol. The molecular formula is C27H31FO5S. The molecule has 0 fully saturated rings. The van der Waals surface area contributed by atoms with E-state index in [0.29, 0.717) is 18.8 Å². The highest BCUT2D eigenvalue weighted by Crippen LogP contribution is 2.40. The zero-order valence-corrected chi connectivity index (χ0v) is 20.4. The van der Waals surface area contributed by atoms with Crippen LogP contribution in [0.1, 0.15) is 39.5 Å². The van der Waals surface area contributed by atoms with E-state index in [-0.39, 0.29) is 5.75 Å². The molecule has 0 spiro atoms. The lowest BCUT2D eigenvalue weighted by Gasteiger charge is -2.16. The Bertz CT molecular complexity index is 1140. The second-order valence-electron chi connectivity index (χ2n) is 7.88. The molecule has 0 N–H and O–H groups in total. The summed E-state index contributed by atoms with van der Waals surface area (Å²) in [7, 11) is -4.36. The molecule has 5 nitrogen and oxygen atoms in total. The third-order valence-corrected chi connectivity index (χ3v) is 5.92. The van der Waals surface area contributed by atoms with Gasteiger partial charge in [0.05, 0.1) is 13.2 Å². The summed E-state index contributed by atoms with van der Waals surface area (Å²) in [6.45, 7) is 5.48. The molecule has 3 aromatic carbocycles. The van der Waals surface area contributed by atoms with Crippen LogP contribution >= 0.6 is 0 Å². The molecule has 0 saturated carbocycles. The molecule has 3 aromatic rings. The summed E-state index contributed by atoms with van der Waals surface area (Å²) < 4.78 is 53.5. The topological polar surface area (TPSA) is 61.8 Å². The molecule has 0 amide bonds. The number of ether oxygens (including phenoxy) is 2. The van der Waals surface area contributed by atoms with Gasteiger partial charge < -0.3 is 13.7 Å². The van der Waals surface area contributed by atoms with Gasteiger partial charge in [-0.1, -0.05) is 63.1 Å². The highest BCUT2D eigenvalue weighted by Gasteiger charge is 2.19. The molecule has 0 aliphatic carbocycles. The van der Waals surface area contributed by atoms with Crippen molar-refractivity contribution in [1.82, 2.24) is 0 Å². The first-order valence-corrected chi connectivity index (χ1v) is 13.1. The monoisotopic (exact) mass is 486 g/mol. The van der Waals surface area contributed by atoms with Gasteiger partial charge in [0, 0.05) is 5.56 Å². The number of alkyl halides is 1. The molecule has 0 aromatic heterocycles. The van der Waals surface area contributed by atoms with Crippen LogP contribution in [0.3, 0.4) is 0 Å². The number of halogens is 1. The fourth-order valence-electron chi connectivity index (χ4n) is 3.42. The van der Waals surface area contributed by atoms with Gasteiger partial charge in [0.25, 0.3) is 0 Å². The van der Waals surface area contributed by atoms with Gasteiger partial charge >= 0.3 is 10.1 Å². The summed E-state index contributed by atoms with van der Waals surface area (Å²) in [5.74, 6) is 1.56. The normalized spacial score (nSPS) is 11.3. The van der Waals surface area contributed by atoms with Crippen LogP contribution in [0.5, 0.6) is 17.2 Å². The fourth-order valence-corrected chi connectivity index (χ4v) is 3.87. The Morgan fingerprint density at radius 1 is 0.735 bits per heavy atom. The minimum atomic E-state index is -4.36. The Morgan fingerprint density at radius 3 is 1.76 bits per heavy atom. The molecule has 0 unspecified atom stereocenters. The predicted octanol–water partition coefficient (Wildman–Crippen LogP) is 7.01. The first-order valence-electron chi connectivity index (χ1n) is 11.5. The van der Waals surface area contributed by atoms with Crippen molar-refractivity contribution in [2.75, 3.05) is 19.2 Å². The van der Waals surface area contributed by atoms with E-state index in [1.807, 2.05) is 54.6 Å². The summed E-state index contributed by atoms with van der Waals surface area (Å²) in [5.41, 5.74) is 2.89. The summed E-state index contributed by atoms with van der Waals surface area (Å²) >= 11 is 0. The highest BCUT2D eigenvalue weighted by atomic mass is 32.2. The lowest BCUT2D eigenvalue weighted by Crippen LogP contribution is -2.11. The van der Waals surface area contributed by atoms with Crippen molar-refractivity contribution >= 4 is 10.1 Å². The van der Waals surface area contributed by atoms with Crippen LogP contribution in [0.2, 0.25) is 0 Å². The summed E-state index contributed by atoms with van der Waals surface area (Å²) in [6.07, 6.45) is 4.03. The molecule has 7 heteroatoms. The van der Waals surface area contributed by atoms with Crippen LogP contribution in [0.25, 0.3) is 22.3 Å². The van der Waals surface area contributed by atoms with Crippen LogP contribution in [0, 0.1) is 0 Å². The maximum absolute atomic E-state index is 13.0. The quantitative estimate of drug-likeness (QED) is 0.192. The Hall–Kier alpha value is -3.06. The van der Waals surface area contributed by atoms with Gasteiger partial charge in [-0.2, -0.15) is 8.42 Å². The second-order valence-corrected chi connectivity index (χ2v) is 9.38. The van der Waals surface area contributed by atoms with E-state index in [4.69, 9.17) is 13.7 Å². The second kappa shape index (κ2) is 12.4. The largest absolute Gasteiger partial charge is 0.494 e. The molecule has 182 valence electrons. The van der Waals surface area contributed by atoms with Crippen LogP contribution < -0.4 is 13.7 Å². The average Bonchev–Trinajstić information content (AvgIpc) is 2.85. The van der Waals surface area contributed by atoms with Gasteiger partial charge in [0.2, 0.25) is 6.01 Å². The number of unbranched alkanes of at least 4 members (excludes halogenated alkanes) is 2. The molecule has 0 aliphatic heterocycles. The lowest BCUT2D eigenvalue weighted by molar-refractivity contribution is 0.309. The van der Waals surface area contributed by atoms with Crippen molar-refractivity contribution in [1.29, 1.82) is 0 Å². The molecule has 0 heterocycles. The molecule has 34 heavy (non-hydrogen) atoms. The SMILES string of the molecule is CCCCOc1ccc(-c2cccc(OS(=O)(=O)CF)c2-c2ccc(OCCCC)cc2)cc1. The average molecular weight is 487 g/mol. The van der Waals surface area contributed by atoms with Gasteiger partial charge in [0.1, 0.15) is 11.5 Å². The molecular weight excluding hydrogens is 455 g/mol. The first kappa shape index (κ1) is 25.6. The Balaban J connectivity index is 2.00. The van der Waals surface area contributed by atoms with Crippen molar-refractivity contribution < 1.29 is 26.5 Å². The third-order valence-electron chi connectivity index (χ3n) is 5.22. The summed E-state index contributed by atoms with van der Waals surface area (Å²) in [5, 5.41) is 0. The smallest absolute Gasteiger partial charge is 0.339 e. The van der Waals surface area contributed by atoms with E-state index in [2.05, 4.69) is 13.8 Å². The van der Waals surface area contributed by atoms with Gasteiger partial charge in [-0.05, 0) is 59.9 Å². The Labute approximate surface area is 201 Å². The minimum Gasteiger partial charge on any atom is -0.494 e. The molecule has 3 rings (SSSR count). The van der Waals surface area contributed by atoms with E-state index in [9.17, 15) is 12.8 Å². The maximum atomic E-state index is 13.0. The van der Waals surface area contributed by atoms with E-state index < -0.39 is 16.1 Å². The first-order chi connectivity index (χ1) is 16.5. The van der Waals surface area contributed by atoms with Crippen molar-refractivity contribution in [2.24, 2.45) is 0 Å². The van der Waals surface area contributed by atoms with E-state index >= 15 is 0 Å². The summed E-state index contributed by atoms with van der Waals surface area (Å²) in [4.78, 5) is 0. The summed E-state index contributed by atoms with van der Waals surface area (Å²) in [6, 6.07) is 18.4. The number of hydrogen-bond acceptors (Lipinski definition) is 5. The van der Waals surface area contributed by atoms with Gasteiger partial charge in [0.15, 0.2) is 5.75 Å². The number of benzene rings is 3. The van der Waals surface area contributed by atoms with Crippen molar-refractivity contribution in [3.63, 3.8) is 0 Å². The van der Waals surface area contributed by atoms with Crippen LogP contribution in [0.4, 0.5) is 4.39 Å². The Morgan fingerprint density at radius 2 is 1.26 bits per heavy atom. The zero-order valence-electron chi connectivity index (χ0n) is 19.6. The highest BCUT2D eigenvalue weighted by molar-refractivity contribution is 7.86. The fraction of sp³-hybridized carbons (Fsp3) is 0.333. The minimum absolute atomic E-state index is 0.0677. The van der Waals surface area contributed by atoms with Crippen molar-refractivity contribution in [3.8, 4) is 39.5 Å². The van der Waals surface area contributed by atoms with Crippen LogP contribution in [-0.4, -0.2) is 27.6 Å².